The minimum absolute atomic E-state index is 0.0498. The van der Waals surface area contributed by atoms with Gasteiger partial charge in [0, 0.05) is 10.6 Å². The number of benzene rings is 1. The van der Waals surface area contributed by atoms with E-state index < -0.39 is 31.7 Å². The number of anilines is 1. The van der Waals surface area contributed by atoms with E-state index in [9.17, 15) is 17.0 Å². The predicted molar refractivity (Wildman–Crippen MR) is 64.3 cm³/mol. The zero-order valence-corrected chi connectivity index (χ0v) is 10.6. The molecule has 0 bridgehead atoms. The molecule has 2 unspecified atom stereocenters. The normalized spacial score (nSPS) is 24.6. The summed E-state index contributed by atoms with van der Waals surface area (Å²) in [7, 11) is -4.61. The first-order chi connectivity index (χ1) is 7.87. The molecule has 1 saturated heterocycles. The molecule has 1 fully saturated rings. The van der Waals surface area contributed by atoms with Gasteiger partial charge >= 0.3 is 0 Å². The van der Waals surface area contributed by atoms with E-state index in [1.54, 1.807) is 0 Å². The Morgan fingerprint density at radius 1 is 1.35 bits per heavy atom. The van der Waals surface area contributed by atoms with Crippen LogP contribution in [0.3, 0.4) is 0 Å². The average Bonchev–Trinajstić information content (AvgIpc) is 2.56. The van der Waals surface area contributed by atoms with Gasteiger partial charge in [-0.1, -0.05) is 0 Å². The number of hydrogen-bond donors (Lipinski definition) is 1. The van der Waals surface area contributed by atoms with Crippen molar-refractivity contribution in [2.45, 2.75) is 16.6 Å². The second-order valence-corrected chi connectivity index (χ2v) is 8.00. The van der Waals surface area contributed by atoms with Gasteiger partial charge in [0.25, 0.3) is 0 Å². The third-order valence-electron chi connectivity index (χ3n) is 2.62. The highest BCUT2D eigenvalue weighted by Gasteiger charge is 2.32. The molecule has 0 radical (unpaired) electrons. The van der Waals surface area contributed by atoms with Gasteiger partial charge in [0.15, 0.2) is 9.84 Å². The minimum Gasteiger partial charge on any atom is -0.399 e. The Morgan fingerprint density at radius 3 is 2.59 bits per heavy atom. The maximum Gasteiger partial charge on any atom is 0.151 e. The SMILES string of the molecule is Nc1cc(F)cc(S(=O)C2CCS(=O)(=O)C2)c1. The van der Waals surface area contributed by atoms with Gasteiger partial charge in [-0.3, -0.25) is 4.21 Å². The molecule has 2 rings (SSSR count). The van der Waals surface area contributed by atoms with Gasteiger partial charge in [-0.15, -0.1) is 0 Å². The van der Waals surface area contributed by atoms with Crippen LogP contribution >= 0.6 is 0 Å². The lowest BCUT2D eigenvalue weighted by molar-refractivity contribution is 0.602. The van der Waals surface area contributed by atoms with E-state index in [1.807, 2.05) is 0 Å². The quantitative estimate of drug-likeness (QED) is 0.807. The summed E-state index contributed by atoms with van der Waals surface area (Å²) in [6.07, 6.45) is 0.353. The molecule has 17 heavy (non-hydrogen) atoms. The summed E-state index contributed by atoms with van der Waals surface area (Å²) >= 11 is 0. The van der Waals surface area contributed by atoms with Crippen molar-refractivity contribution in [3.8, 4) is 0 Å². The Hall–Kier alpha value is -0.950. The Kier molecular flexibility index (Phi) is 3.22. The van der Waals surface area contributed by atoms with Crippen molar-refractivity contribution in [3.63, 3.8) is 0 Å². The van der Waals surface area contributed by atoms with Crippen LogP contribution in [0.4, 0.5) is 10.1 Å². The highest BCUT2D eigenvalue weighted by atomic mass is 32.2. The first-order valence-electron chi connectivity index (χ1n) is 5.04. The van der Waals surface area contributed by atoms with Crippen LogP contribution in [0.15, 0.2) is 23.1 Å². The molecule has 0 aliphatic carbocycles. The first-order valence-corrected chi connectivity index (χ1v) is 8.08. The standard InChI is InChI=1S/C10H12FNO3S2/c11-7-3-8(12)5-10(4-7)16(13)9-1-2-17(14,15)6-9/h3-5,9H,1-2,6,12H2. The summed E-state index contributed by atoms with van der Waals surface area (Å²) in [6.45, 7) is 0. The number of nitrogens with two attached hydrogens (primary N) is 1. The van der Waals surface area contributed by atoms with Crippen LogP contribution in [-0.4, -0.2) is 29.4 Å². The number of nitrogen functional groups attached to an aromatic ring is 1. The Labute approximate surface area is 101 Å². The summed E-state index contributed by atoms with van der Waals surface area (Å²) in [5.74, 6) is -0.612. The van der Waals surface area contributed by atoms with Gasteiger partial charge in [0.1, 0.15) is 5.82 Å². The van der Waals surface area contributed by atoms with Crippen molar-refractivity contribution in [1.29, 1.82) is 0 Å². The van der Waals surface area contributed by atoms with E-state index in [0.717, 1.165) is 12.1 Å². The summed E-state index contributed by atoms with van der Waals surface area (Å²) < 4.78 is 47.7. The zero-order valence-electron chi connectivity index (χ0n) is 8.93. The summed E-state index contributed by atoms with van der Waals surface area (Å²) in [4.78, 5) is 0.254. The van der Waals surface area contributed by atoms with Crippen molar-refractivity contribution < 1.29 is 17.0 Å². The molecule has 7 heteroatoms. The fourth-order valence-corrected chi connectivity index (χ4v) is 5.83. The fraction of sp³-hybridized carbons (Fsp3) is 0.400. The highest BCUT2D eigenvalue weighted by molar-refractivity contribution is 7.94. The van der Waals surface area contributed by atoms with Crippen molar-refractivity contribution in [2.24, 2.45) is 0 Å². The average molecular weight is 277 g/mol. The molecule has 1 aromatic carbocycles. The highest BCUT2D eigenvalue weighted by Crippen LogP contribution is 2.23. The largest absolute Gasteiger partial charge is 0.399 e. The van der Waals surface area contributed by atoms with E-state index in [-0.39, 0.29) is 22.1 Å². The van der Waals surface area contributed by atoms with Crippen LogP contribution in [0.1, 0.15) is 6.42 Å². The monoisotopic (exact) mass is 277 g/mol. The van der Waals surface area contributed by atoms with Crippen LogP contribution < -0.4 is 5.73 Å². The molecule has 2 N–H and O–H groups in total. The van der Waals surface area contributed by atoms with Gasteiger partial charge in [-0.25, -0.2) is 12.8 Å². The molecule has 0 aromatic heterocycles. The van der Waals surface area contributed by atoms with Gasteiger partial charge in [-0.2, -0.15) is 0 Å². The summed E-state index contributed by atoms with van der Waals surface area (Å²) in [5, 5.41) is -0.457. The van der Waals surface area contributed by atoms with Gasteiger partial charge < -0.3 is 5.73 Å². The van der Waals surface area contributed by atoms with Crippen LogP contribution in [0.2, 0.25) is 0 Å². The Bertz CT molecular complexity index is 551. The molecule has 4 nitrogen and oxygen atoms in total. The Balaban J connectivity index is 2.26. The molecule has 0 amide bonds. The topological polar surface area (TPSA) is 77.2 Å². The maximum absolute atomic E-state index is 13.1. The maximum atomic E-state index is 13.1. The van der Waals surface area contributed by atoms with E-state index in [0.29, 0.717) is 6.42 Å². The first kappa shape index (κ1) is 12.5. The van der Waals surface area contributed by atoms with E-state index in [4.69, 9.17) is 5.73 Å². The summed E-state index contributed by atoms with van der Waals surface area (Å²) in [5.41, 5.74) is 5.65. The van der Waals surface area contributed by atoms with E-state index >= 15 is 0 Å². The fourth-order valence-electron chi connectivity index (χ4n) is 1.82. The second kappa shape index (κ2) is 4.38. The number of halogens is 1. The second-order valence-electron chi connectivity index (χ2n) is 4.04. The van der Waals surface area contributed by atoms with Crippen LogP contribution in [0.5, 0.6) is 0 Å². The number of sulfone groups is 1. The number of rotatable bonds is 2. The van der Waals surface area contributed by atoms with Gasteiger partial charge in [-0.05, 0) is 24.6 Å². The van der Waals surface area contributed by atoms with Crippen molar-refractivity contribution in [2.75, 3.05) is 17.2 Å². The molecular formula is C10H12FNO3S2. The molecule has 1 heterocycles. The smallest absolute Gasteiger partial charge is 0.151 e. The lowest BCUT2D eigenvalue weighted by Crippen LogP contribution is -2.17. The zero-order chi connectivity index (χ0) is 12.6. The minimum atomic E-state index is -3.09. The predicted octanol–water partition coefficient (Wildman–Crippen LogP) is 0.703. The van der Waals surface area contributed by atoms with E-state index in [1.165, 1.54) is 6.07 Å². The lowest BCUT2D eigenvalue weighted by atomic mass is 10.3. The summed E-state index contributed by atoms with van der Waals surface area (Å²) in [6, 6.07) is 3.69. The third-order valence-corrected chi connectivity index (χ3v) is 6.31. The lowest BCUT2D eigenvalue weighted by Gasteiger charge is -2.08. The van der Waals surface area contributed by atoms with Crippen LogP contribution in [-0.2, 0) is 20.6 Å². The molecule has 0 spiro atoms. The van der Waals surface area contributed by atoms with Crippen molar-refractivity contribution in [3.05, 3.63) is 24.0 Å². The molecular weight excluding hydrogens is 265 g/mol. The molecule has 0 saturated carbocycles. The van der Waals surface area contributed by atoms with Gasteiger partial charge in [0.2, 0.25) is 0 Å². The third kappa shape index (κ3) is 2.84. The number of hydrogen-bond acceptors (Lipinski definition) is 4. The van der Waals surface area contributed by atoms with Gasteiger partial charge in [0.05, 0.1) is 27.6 Å². The van der Waals surface area contributed by atoms with E-state index in [2.05, 4.69) is 0 Å². The van der Waals surface area contributed by atoms with Crippen LogP contribution in [0.25, 0.3) is 0 Å². The molecule has 2 atom stereocenters. The molecule has 1 aliphatic rings. The van der Waals surface area contributed by atoms with Crippen molar-refractivity contribution >= 4 is 26.3 Å². The molecule has 1 aromatic rings. The van der Waals surface area contributed by atoms with Crippen LogP contribution in [0, 0.1) is 5.82 Å². The molecule has 1 aliphatic heterocycles. The Morgan fingerprint density at radius 2 is 2.06 bits per heavy atom. The van der Waals surface area contributed by atoms with Crippen molar-refractivity contribution in [1.82, 2.24) is 0 Å². The molecule has 94 valence electrons.